The van der Waals surface area contributed by atoms with Gasteiger partial charge in [-0.3, -0.25) is 0 Å². The minimum atomic E-state index is 0.691. The lowest BCUT2D eigenvalue weighted by Crippen LogP contribution is -2.55. The van der Waals surface area contributed by atoms with Crippen molar-refractivity contribution in [3.63, 3.8) is 0 Å². The summed E-state index contributed by atoms with van der Waals surface area (Å²) in [6.45, 7) is 4.98. The highest BCUT2D eigenvalue weighted by atomic mass is 16.5. The van der Waals surface area contributed by atoms with Crippen LogP contribution in [0.2, 0.25) is 0 Å². The molecule has 1 aliphatic carbocycles. The van der Waals surface area contributed by atoms with E-state index in [9.17, 15) is 0 Å². The van der Waals surface area contributed by atoms with E-state index in [1.807, 2.05) is 6.92 Å². The molecule has 0 spiro atoms. The van der Waals surface area contributed by atoms with Crippen LogP contribution in [0, 0.1) is 0 Å². The van der Waals surface area contributed by atoms with Crippen LogP contribution >= 0.6 is 0 Å². The molecule has 0 bridgehead atoms. The van der Waals surface area contributed by atoms with Crippen molar-refractivity contribution in [1.29, 1.82) is 0 Å². The fourth-order valence-electron chi connectivity index (χ4n) is 3.31. The molecule has 3 heteroatoms. The zero-order valence-corrected chi connectivity index (χ0v) is 11.1. The maximum Gasteiger partial charge on any atom is 0.119 e. The fraction of sp³-hybridized carbons (Fsp3) is 0.600. The molecule has 1 saturated carbocycles. The lowest BCUT2D eigenvalue weighted by atomic mass is 10.1. The molecule has 1 heterocycles. The number of benzene rings is 1. The van der Waals surface area contributed by atoms with Crippen molar-refractivity contribution in [1.82, 2.24) is 5.32 Å². The summed E-state index contributed by atoms with van der Waals surface area (Å²) in [5.41, 5.74) is 1.34. The Hall–Kier alpha value is -1.22. The fourth-order valence-corrected chi connectivity index (χ4v) is 3.31. The van der Waals surface area contributed by atoms with Crippen LogP contribution in [0.3, 0.4) is 0 Å². The van der Waals surface area contributed by atoms with Gasteiger partial charge in [0.05, 0.1) is 6.61 Å². The van der Waals surface area contributed by atoms with E-state index >= 15 is 0 Å². The van der Waals surface area contributed by atoms with E-state index in [4.69, 9.17) is 4.74 Å². The molecule has 18 heavy (non-hydrogen) atoms. The van der Waals surface area contributed by atoms with Gasteiger partial charge in [-0.1, -0.05) is 0 Å². The summed E-state index contributed by atoms with van der Waals surface area (Å²) >= 11 is 0. The molecule has 3 nitrogen and oxygen atoms in total. The van der Waals surface area contributed by atoms with Crippen molar-refractivity contribution in [3.8, 4) is 5.75 Å². The van der Waals surface area contributed by atoms with Crippen LogP contribution in [0.15, 0.2) is 24.3 Å². The topological polar surface area (TPSA) is 24.5 Å². The summed E-state index contributed by atoms with van der Waals surface area (Å²) in [4.78, 5) is 2.57. The van der Waals surface area contributed by atoms with Gasteiger partial charge in [-0.05, 0) is 50.5 Å². The van der Waals surface area contributed by atoms with E-state index < -0.39 is 0 Å². The highest BCUT2D eigenvalue weighted by Gasteiger charge is 2.34. The zero-order chi connectivity index (χ0) is 12.4. The van der Waals surface area contributed by atoms with Crippen LogP contribution in [0.4, 0.5) is 5.69 Å². The van der Waals surface area contributed by atoms with Crippen LogP contribution in [-0.4, -0.2) is 31.8 Å². The lowest BCUT2D eigenvalue weighted by molar-refractivity contribution is 0.340. The molecule has 3 rings (SSSR count). The van der Waals surface area contributed by atoms with Gasteiger partial charge < -0.3 is 15.0 Å². The largest absolute Gasteiger partial charge is 0.494 e. The normalized spacial score (nSPS) is 27.1. The molecular formula is C15H22N2O. The molecule has 1 aromatic carbocycles. The molecule has 2 unspecified atom stereocenters. The third kappa shape index (κ3) is 2.19. The van der Waals surface area contributed by atoms with Gasteiger partial charge in [0.25, 0.3) is 0 Å². The average molecular weight is 246 g/mol. The van der Waals surface area contributed by atoms with Gasteiger partial charge in [-0.2, -0.15) is 0 Å². The molecule has 1 aromatic rings. The van der Waals surface area contributed by atoms with Crippen LogP contribution in [-0.2, 0) is 0 Å². The second kappa shape index (κ2) is 5.19. The number of fused-ring (bicyclic) bond motifs is 1. The Morgan fingerprint density at radius 2 is 2.11 bits per heavy atom. The molecule has 98 valence electrons. The Labute approximate surface area is 109 Å². The Kier molecular flexibility index (Phi) is 3.41. The quantitative estimate of drug-likeness (QED) is 0.886. The number of nitrogens with one attached hydrogen (secondary N) is 1. The van der Waals surface area contributed by atoms with Crippen molar-refractivity contribution in [2.24, 2.45) is 0 Å². The molecule has 2 fully saturated rings. The standard InChI is InChI=1S/C15H22N2O/c1-2-18-13-8-6-12(7-9-13)17-11-10-16-14-4-3-5-15(14)17/h6-9,14-16H,2-5,10-11H2,1H3. The monoisotopic (exact) mass is 246 g/mol. The van der Waals surface area contributed by atoms with Gasteiger partial charge in [0.1, 0.15) is 5.75 Å². The molecule has 1 N–H and O–H groups in total. The Morgan fingerprint density at radius 3 is 2.89 bits per heavy atom. The third-order valence-corrected chi connectivity index (χ3v) is 4.12. The highest BCUT2D eigenvalue weighted by Crippen LogP contribution is 2.31. The number of hydrogen-bond donors (Lipinski definition) is 1. The number of piperazine rings is 1. The summed E-state index contributed by atoms with van der Waals surface area (Å²) in [6, 6.07) is 9.97. The van der Waals surface area contributed by atoms with Gasteiger partial charge in [-0.15, -0.1) is 0 Å². The molecule has 1 saturated heterocycles. The number of hydrogen-bond acceptors (Lipinski definition) is 3. The highest BCUT2D eigenvalue weighted by molar-refractivity contribution is 5.51. The van der Waals surface area contributed by atoms with E-state index in [0.29, 0.717) is 12.1 Å². The van der Waals surface area contributed by atoms with Crippen molar-refractivity contribution in [2.45, 2.75) is 38.3 Å². The van der Waals surface area contributed by atoms with Gasteiger partial charge in [0.15, 0.2) is 0 Å². The van der Waals surface area contributed by atoms with Crippen LogP contribution < -0.4 is 15.0 Å². The molecule has 0 radical (unpaired) electrons. The minimum absolute atomic E-state index is 0.691. The van der Waals surface area contributed by atoms with Gasteiger partial charge >= 0.3 is 0 Å². The van der Waals surface area contributed by atoms with E-state index in [1.54, 1.807) is 0 Å². The predicted molar refractivity (Wildman–Crippen MR) is 74.4 cm³/mol. The number of anilines is 1. The molecule has 0 amide bonds. The van der Waals surface area contributed by atoms with Crippen molar-refractivity contribution >= 4 is 5.69 Å². The first-order chi connectivity index (χ1) is 8.88. The summed E-state index contributed by atoms with van der Waals surface area (Å²) in [7, 11) is 0. The lowest BCUT2D eigenvalue weighted by Gasteiger charge is -2.40. The first kappa shape index (κ1) is 11.8. The van der Waals surface area contributed by atoms with Crippen molar-refractivity contribution < 1.29 is 4.74 Å². The van der Waals surface area contributed by atoms with Crippen molar-refractivity contribution in [3.05, 3.63) is 24.3 Å². The van der Waals surface area contributed by atoms with E-state index in [1.165, 1.54) is 24.9 Å². The summed E-state index contributed by atoms with van der Waals surface area (Å²) in [5.74, 6) is 0.972. The molecule has 1 aliphatic heterocycles. The zero-order valence-electron chi connectivity index (χ0n) is 11.1. The smallest absolute Gasteiger partial charge is 0.119 e. The van der Waals surface area contributed by atoms with Crippen molar-refractivity contribution in [2.75, 3.05) is 24.6 Å². The maximum absolute atomic E-state index is 5.50. The summed E-state index contributed by atoms with van der Waals surface area (Å²) in [5, 5.41) is 3.65. The molecule has 2 aliphatic rings. The number of rotatable bonds is 3. The maximum atomic E-state index is 5.50. The molecule has 2 atom stereocenters. The van der Waals surface area contributed by atoms with Gasteiger partial charge in [-0.25, -0.2) is 0 Å². The van der Waals surface area contributed by atoms with Gasteiger partial charge in [0.2, 0.25) is 0 Å². The van der Waals surface area contributed by atoms with E-state index in [0.717, 1.165) is 25.4 Å². The SMILES string of the molecule is CCOc1ccc(N2CCNC3CCCC32)cc1. The van der Waals surface area contributed by atoms with Crippen LogP contribution in [0.5, 0.6) is 5.75 Å². The Morgan fingerprint density at radius 1 is 1.28 bits per heavy atom. The third-order valence-electron chi connectivity index (χ3n) is 4.12. The first-order valence-corrected chi connectivity index (χ1v) is 7.11. The van der Waals surface area contributed by atoms with Gasteiger partial charge in [0, 0.05) is 30.9 Å². The summed E-state index contributed by atoms with van der Waals surface area (Å²) < 4.78 is 5.50. The number of nitrogens with zero attached hydrogens (tertiary/aromatic N) is 1. The number of ether oxygens (including phenoxy) is 1. The minimum Gasteiger partial charge on any atom is -0.494 e. The second-order valence-electron chi connectivity index (χ2n) is 5.18. The van der Waals surface area contributed by atoms with Crippen LogP contribution in [0.1, 0.15) is 26.2 Å². The first-order valence-electron chi connectivity index (χ1n) is 7.11. The summed E-state index contributed by atoms with van der Waals surface area (Å²) in [6.07, 6.45) is 4.01. The molecule has 0 aromatic heterocycles. The Balaban J connectivity index is 1.76. The predicted octanol–water partition coefficient (Wildman–Crippen LogP) is 2.42. The van der Waals surface area contributed by atoms with E-state index in [-0.39, 0.29) is 0 Å². The Bertz CT molecular complexity index is 390. The van der Waals surface area contributed by atoms with Crippen LogP contribution in [0.25, 0.3) is 0 Å². The average Bonchev–Trinajstić information content (AvgIpc) is 2.88. The molecular weight excluding hydrogens is 224 g/mol. The van der Waals surface area contributed by atoms with E-state index in [2.05, 4.69) is 34.5 Å². The second-order valence-corrected chi connectivity index (χ2v) is 5.18.